The van der Waals surface area contributed by atoms with Crippen molar-refractivity contribution in [3.63, 3.8) is 0 Å². The van der Waals surface area contributed by atoms with Gasteiger partial charge in [-0.05, 0) is 20.0 Å². The van der Waals surface area contributed by atoms with E-state index in [0.29, 0.717) is 0 Å². The molecule has 2 rings (SSSR count). The van der Waals surface area contributed by atoms with E-state index in [1.807, 2.05) is 20.2 Å². The molecule has 0 unspecified atom stereocenters. The summed E-state index contributed by atoms with van der Waals surface area (Å²) in [5, 5.41) is 3.09. The molecule has 80 valence electrons. The van der Waals surface area contributed by atoms with E-state index in [4.69, 9.17) is 4.42 Å². The zero-order chi connectivity index (χ0) is 10.7. The normalized spacial score (nSPS) is 10.8. The topological polar surface area (TPSA) is 43.0 Å². The summed E-state index contributed by atoms with van der Waals surface area (Å²) < 4.78 is 7.51. The van der Waals surface area contributed by atoms with Crippen LogP contribution >= 0.6 is 0 Å². The lowest BCUT2D eigenvalue weighted by Crippen LogP contribution is -2.03. The third kappa shape index (κ3) is 2.27. The Labute approximate surface area is 88.9 Å². The lowest BCUT2D eigenvalue weighted by Gasteiger charge is -2.00. The van der Waals surface area contributed by atoms with Crippen molar-refractivity contribution in [3.05, 3.63) is 41.9 Å². The molecule has 0 saturated carbocycles. The highest BCUT2D eigenvalue weighted by atomic mass is 16.3. The molecule has 0 aliphatic heterocycles. The molecular formula is C11H15N3O. The third-order valence-corrected chi connectivity index (χ3v) is 2.34. The first-order valence-electron chi connectivity index (χ1n) is 4.98. The van der Waals surface area contributed by atoms with Gasteiger partial charge in [-0.15, -0.1) is 0 Å². The SMILES string of the molecule is CNCc1coc(Cn2ccnc2C)c1. The molecule has 0 fully saturated rings. The van der Waals surface area contributed by atoms with Gasteiger partial charge in [0, 0.05) is 24.5 Å². The molecule has 1 N–H and O–H groups in total. The molecule has 0 atom stereocenters. The van der Waals surface area contributed by atoms with Crippen LogP contribution in [-0.2, 0) is 13.1 Å². The number of furan rings is 1. The minimum Gasteiger partial charge on any atom is -0.467 e. The Morgan fingerprint density at radius 1 is 1.53 bits per heavy atom. The number of nitrogens with one attached hydrogen (secondary N) is 1. The summed E-state index contributed by atoms with van der Waals surface area (Å²) >= 11 is 0. The Balaban J connectivity index is 2.08. The van der Waals surface area contributed by atoms with Crippen LogP contribution in [0.4, 0.5) is 0 Å². The molecule has 2 heterocycles. The van der Waals surface area contributed by atoms with E-state index in [2.05, 4.69) is 20.9 Å². The maximum atomic E-state index is 5.46. The Kier molecular flexibility index (Phi) is 2.87. The summed E-state index contributed by atoms with van der Waals surface area (Å²) in [7, 11) is 1.92. The van der Waals surface area contributed by atoms with Crippen LogP contribution in [0.5, 0.6) is 0 Å². The van der Waals surface area contributed by atoms with Gasteiger partial charge < -0.3 is 14.3 Å². The van der Waals surface area contributed by atoms with Crippen molar-refractivity contribution < 1.29 is 4.42 Å². The standard InChI is InChI=1S/C11H15N3O/c1-9-13-3-4-14(9)7-11-5-10(6-12-2)8-15-11/h3-5,8,12H,6-7H2,1-2H3. The maximum absolute atomic E-state index is 5.46. The first-order chi connectivity index (χ1) is 7.29. The van der Waals surface area contributed by atoms with E-state index in [9.17, 15) is 0 Å². The number of nitrogens with zero attached hydrogens (tertiary/aromatic N) is 2. The van der Waals surface area contributed by atoms with Crippen molar-refractivity contribution in [1.29, 1.82) is 0 Å². The Morgan fingerprint density at radius 2 is 2.40 bits per heavy atom. The van der Waals surface area contributed by atoms with Gasteiger partial charge in [-0.3, -0.25) is 0 Å². The highest BCUT2D eigenvalue weighted by molar-refractivity contribution is 5.13. The second-order valence-electron chi connectivity index (χ2n) is 3.55. The molecule has 0 bridgehead atoms. The van der Waals surface area contributed by atoms with Gasteiger partial charge in [0.25, 0.3) is 0 Å². The number of aromatic nitrogens is 2. The highest BCUT2D eigenvalue weighted by Gasteiger charge is 2.03. The van der Waals surface area contributed by atoms with Crippen molar-refractivity contribution >= 4 is 0 Å². The van der Waals surface area contributed by atoms with Crippen molar-refractivity contribution in [2.75, 3.05) is 7.05 Å². The summed E-state index contributed by atoms with van der Waals surface area (Å²) in [4.78, 5) is 4.16. The lowest BCUT2D eigenvalue weighted by atomic mass is 10.3. The fourth-order valence-electron chi connectivity index (χ4n) is 1.54. The zero-order valence-corrected chi connectivity index (χ0v) is 9.03. The molecular weight excluding hydrogens is 190 g/mol. The molecule has 4 heteroatoms. The molecule has 0 spiro atoms. The average Bonchev–Trinajstić information content (AvgIpc) is 2.79. The van der Waals surface area contributed by atoms with Crippen LogP contribution in [0.15, 0.2) is 29.1 Å². The van der Waals surface area contributed by atoms with Crippen LogP contribution in [0.3, 0.4) is 0 Å². The first kappa shape index (κ1) is 9.98. The van der Waals surface area contributed by atoms with E-state index < -0.39 is 0 Å². The van der Waals surface area contributed by atoms with Crippen molar-refractivity contribution in [1.82, 2.24) is 14.9 Å². The molecule has 0 aromatic carbocycles. The molecule has 0 aliphatic rings. The minimum absolute atomic E-state index is 0.746. The second kappa shape index (κ2) is 4.31. The van der Waals surface area contributed by atoms with E-state index in [1.54, 1.807) is 12.5 Å². The third-order valence-electron chi connectivity index (χ3n) is 2.34. The molecule has 2 aromatic heterocycles. The Morgan fingerprint density at radius 3 is 3.07 bits per heavy atom. The van der Waals surface area contributed by atoms with Gasteiger partial charge in [0.1, 0.15) is 11.6 Å². The monoisotopic (exact) mass is 205 g/mol. The number of rotatable bonds is 4. The summed E-state index contributed by atoms with van der Waals surface area (Å²) in [6.07, 6.45) is 5.54. The van der Waals surface area contributed by atoms with E-state index in [-0.39, 0.29) is 0 Å². The van der Waals surface area contributed by atoms with Crippen LogP contribution in [0.2, 0.25) is 0 Å². The van der Waals surface area contributed by atoms with Crippen LogP contribution in [0.1, 0.15) is 17.1 Å². The van der Waals surface area contributed by atoms with Crippen LogP contribution in [0, 0.1) is 6.92 Å². The molecule has 0 radical (unpaired) electrons. The van der Waals surface area contributed by atoms with Gasteiger partial charge >= 0.3 is 0 Å². The maximum Gasteiger partial charge on any atom is 0.123 e. The molecule has 0 aliphatic carbocycles. The fourth-order valence-corrected chi connectivity index (χ4v) is 1.54. The molecule has 0 amide bonds. The molecule has 0 saturated heterocycles. The van der Waals surface area contributed by atoms with E-state index >= 15 is 0 Å². The van der Waals surface area contributed by atoms with Crippen LogP contribution in [0.25, 0.3) is 0 Å². The quantitative estimate of drug-likeness (QED) is 0.823. The van der Waals surface area contributed by atoms with Gasteiger partial charge in [0.15, 0.2) is 0 Å². The van der Waals surface area contributed by atoms with Gasteiger partial charge in [-0.25, -0.2) is 4.98 Å². The summed E-state index contributed by atoms with van der Waals surface area (Å²) in [5.41, 5.74) is 1.17. The van der Waals surface area contributed by atoms with Crippen LogP contribution < -0.4 is 5.32 Å². The van der Waals surface area contributed by atoms with Gasteiger partial charge in [-0.2, -0.15) is 0 Å². The summed E-state index contributed by atoms with van der Waals surface area (Å²) in [6, 6.07) is 2.07. The van der Waals surface area contributed by atoms with E-state index in [1.165, 1.54) is 5.56 Å². The lowest BCUT2D eigenvalue weighted by molar-refractivity contribution is 0.489. The smallest absolute Gasteiger partial charge is 0.123 e. The van der Waals surface area contributed by atoms with Gasteiger partial charge in [0.2, 0.25) is 0 Å². The Hall–Kier alpha value is -1.55. The van der Waals surface area contributed by atoms with Crippen molar-refractivity contribution in [2.24, 2.45) is 0 Å². The number of hydrogen-bond acceptors (Lipinski definition) is 3. The predicted molar refractivity (Wildman–Crippen MR) is 57.5 cm³/mol. The van der Waals surface area contributed by atoms with Crippen molar-refractivity contribution in [3.8, 4) is 0 Å². The second-order valence-corrected chi connectivity index (χ2v) is 3.55. The fraction of sp³-hybridized carbons (Fsp3) is 0.364. The predicted octanol–water partition coefficient (Wildman–Crippen LogP) is 1.55. The average molecular weight is 205 g/mol. The van der Waals surface area contributed by atoms with Gasteiger partial charge in [0.05, 0.1) is 12.8 Å². The number of aryl methyl sites for hydroxylation is 1. The number of imidazole rings is 1. The van der Waals surface area contributed by atoms with Gasteiger partial charge in [-0.1, -0.05) is 0 Å². The molecule has 4 nitrogen and oxygen atoms in total. The molecule has 15 heavy (non-hydrogen) atoms. The first-order valence-corrected chi connectivity index (χ1v) is 4.98. The van der Waals surface area contributed by atoms with E-state index in [0.717, 1.165) is 24.7 Å². The zero-order valence-electron chi connectivity index (χ0n) is 9.03. The summed E-state index contributed by atoms with van der Waals surface area (Å²) in [6.45, 7) is 3.57. The van der Waals surface area contributed by atoms with Crippen LogP contribution in [-0.4, -0.2) is 16.6 Å². The highest BCUT2D eigenvalue weighted by Crippen LogP contribution is 2.10. The Bertz CT molecular complexity index is 430. The molecule has 2 aromatic rings. The number of hydrogen-bond donors (Lipinski definition) is 1. The minimum atomic E-state index is 0.746. The largest absolute Gasteiger partial charge is 0.467 e. The van der Waals surface area contributed by atoms with Crippen molar-refractivity contribution in [2.45, 2.75) is 20.0 Å². The summed E-state index contributed by atoms with van der Waals surface area (Å²) in [5.74, 6) is 1.96.